The third-order valence-corrected chi connectivity index (χ3v) is 5.37. The Kier molecular flexibility index (Phi) is 5.95. The lowest BCUT2D eigenvalue weighted by atomic mass is 10.1. The second-order valence-corrected chi connectivity index (χ2v) is 7.60. The van der Waals surface area contributed by atoms with E-state index in [1.807, 2.05) is 47.4 Å². The topological polar surface area (TPSA) is 29.5 Å². The fraction of sp³-hybridized carbons (Fsp3) is 0.316. The molecular weight excluding hydrogens is 434 g/mol. The number of hydrogen-bond acceptors (Lipinski definition) is 2. The van der Waals surface area contributed by atoms with Gasteiger partial charge in [0.2, 0.25) is 0 Å². The van der Waals surface area contributed by atoms with Crippen molar-refractivity contribution in [2.24, 2.45) is 0 Å². The summed E-state index contributed by atoms with van der Waals surface area (Å²) in [5, 5.41) is 0. The SMILES string of the molecule is O=C(c1cccc(COc2c(Br)cccc2Br)c1)N1CCCCC1. The molecule has 0 saturated carbocycles. The van der Waals surface area contributed by atoms with E-state index in [4.69, 9.17) is 4.74 Å². The lowest BCUT2D eigenvalue weighted by Gasteiger charge is -2.26. The number of nitrogens with zero attached hydrogens (tertiary/aromatic N) is 1. The van der Waals surface area contributed by atoms with E-state index in [-0.39, 0.29) is 5.91 Å². The van der Waals surface area contributed by atoms with Crippen LogP contribution < -0.4 is 4.74 Å². The van der Waals surface area contributed by atoms with Crippen LogP contribution in [0.3, 0.4) is 0 Å². The molecule has 2 aromatic carbocycles. The summed E-state index contributed by atoms with van der Waals surface area (Å²) in [7, 11) is 0. The molecule has 0 aliphatic carbocycles. The smallest absolute Gasteiger partial charge is 0.253 e. The van der Waals surface area contributed by atoms with Crippen LogP contribution in [0.5, 0.6) is 5.75 Å². The van der Waals surface area contributed by atoms with Gasteiger partial charge in [0.15, 0.2) is 0 Å². The number of rotatable bonds is 4. The third kappa shape index (κ3) is 4.19. The summed E-state index contributed by atoms with van der Waals surface area (Å²) in [5.41, 5.74) is 1.73. The molecule has 3 nitrogen and oxygen atoms in total. The minimum Gasteiger partial charge on any atom is -0.487 e. The van der Waals surface area contributed by atoms with Crippen molar-refractivity contribution in [2.45, 2.75) is 25.9 Å². The molecule has 0 radical (unpaired) electrons. The molecule has 1 saturated heterocycles. The van der Waals surface area contributed by atoms with Crippen LogP contribution in [-0.2, 0) is 6.61 Å². The summed E-state index contributed by atoms with van der Waals surface area (Å²) in [4.78, 5) is 14.6. The standard InChI is InChI=1S/C19H19Br2NO2/c20-16-8-5-9-17(21)18(16)24-13-14-6-4-7-15(12-14)19(23)22-10-2-1-3-11-22/h4-9,12H,1-3,10-11,13H2. The maximum atomic E-state index is 12.6. The monoisotopic (exact) mass is 451 g/mol. The van der Waals surface area contributed by atoms with Gasteiger partial charge in [-0.15, -0.1) is 0 Å². The first-order valence-electron chi connectivity index (χ1n) is 8.10. The minimum atomic E-state index is 0.124. The fourth-order valence-electron chi connectivity index (χ4n) is 2.85. The zero-order valence-corrected chi connectivity index (χ0v) is 16.5. The zero-order chi connectivity index (χ0) is 16.9. The summed E-state index contributed by atoms with van der Waals surface area (Å²) in [6.07, 6.45) is 3.42. The lowest BCUT2D eigenvalue weighted by Crippen LogP contribution is -2.35. The van der Waals surface area contributed by atoms with Gasteiger partial charge in [-0.1, -0.05) is 18.2 Å². The summed E-state index contributed by atoms with van der Waals surface area (Å²) in [5.74, 6) is 0.892. The number of ether oxygens (including phenoxy) is 1. The average molecular weight is 453 g/mol. The highest BCUT2D eigenvalue weighted by molar-refractivity contribution is 9.11. The number of benzene rings is 2. The van der Waals surface area contributed by atoms with Crippen molar-refractivity contribution < 1.29 is 9.53 Å². The molecule has 1 heterocycles. The highest BCUT2D eigenvalue weighted by atomic mass is 79.9. The molecule has 0 aromatic heterocycles. The van der Waals surface area contributed by atoms with E-state index in [1.54, 1.807) is 0 Å². The number of piperidine rings is 1. The molecule has 1 fully saturated rings. The van der Waals surface area contributed by atoms with E-state index in [2.05, 4.69) is 31.9 Å². The number of para-hydroxylation sites is 1. The number of amides is 1. The summed E-state index contributed by atoms with van der Waals surface area (Å²) in [6, 6.07) is 13.5. The predicted molar refractivity (Wildman–Crippen MR) is 102 cm³/mol. The molecule has 0 spiro atoms. The maximum Gasteiger partial charge on any atom is 0.253 e. The largest absolute Gasteiger partial charge is 0.487 e. The molecule has 1 aliphatic rings. The molecule has 1 aliphatic heterocycles. The summed E-state index contributed by atoms with van der Waals surface area (Å²) < 4.78 is 7.72. The molecule has 1 amide bonds. The molecule has 0 bridgehead atoms. The van der Waals surface area contributed by atoms with Gasteiger partial charge in [0.1, 0.15) is 12.4 Å². The van der Waals surface area contributed by atoms with Gasteiger partial charge in [0, 0.05) is 18.7 Å². The molecule has 0 atom stereocenters. The Hall–Kier alpha value is -1.33. The Morgan fingerprint density at radius 3 is 2.38 bits per heavy atom. The summed E-state index contributed by atoms with van der Waals surface area (Å²) >= 11 is 6.99. The second-order valence-electron chi connectivity index (χ2n) is 5.89. The molecule has 3 rings (SSSR count). The fourth-order valence-corrected chi connectivity index (χ4v) is 4.08. The third-order valence-electron chi connectivity index (χ3n) is 4.12. The summed E-state index contributed by atoms with van der Waals surface area (Å²) in [6.45, 7) is 2.15. The predicted octanol–water partition coefficient (Wildman–Crippen LogP) is 5.42. The number of carbonyl (C=O) groups is 1. The molecule has 126 valence electrons. The Bertz CT molecular complexity index is 707. The molecule has 0 N–H and O–H groups in total. The molecule has 2 aromatic rings. The Morgan fingerprint density at radius 1 is 1.00 bits per heavy atom. The van der Waals surface area contributed by atoms with Crippen molar-refractivity contribution in [3.63, 3.8) is 0 Å². The Morgan fingerprint density at radius 2 is 1.67 bits per heavy atom. The minimum absolute atomic E-state index is 0.124. The first-order valence-corrected chi connectivity index (χ1v) is 9.69. The number of likely N-dealkylation sites (tertiary alicyclic amines) is 1. The van der Waals surface area contributed by atoms with Gasteiger partial charge in [-0.05, 0) is 81.0 Å². The molecule has 0 unspecified atom stereocenters. The van der Waals surface area contributed by atoms with Crippen molar-refractivity contribution in [1.82, 2.24) is 4.90 Å². The van der Waals surface area contributed by atoms with Crippen LogP contribution in [-0.4, -0.2) is 23.9 Å². The van der Waals surface area contributed by atoms with Crippen LogP contribution in [0.15, 0.2) is 51.4 Å². The van der Waals surface area contributed by atoms with Gasteiger partial charge in [-0.2, -0.15) is 0 Å². The van der Waals surface area contributed by atoms with Crippen LogP contribution in [0.2, 0.25) is 0 Å². The lowest BCUT2D eigenvalue weighted by molar-refractivity contribution is 0.0724. The van der Waals surface area contributed by atoms with Gasteiger partial charge in [0.05, 0.1) is 8.95 Å². The normalized spacial score (nSPS) is 14.5. The van der Waals surface area contributed by atoms with E-state index in [0.717, 1.165) is 51.8 Å². The van der Waals surface area contributed by atoms with E-state index in [1.165, 1.54) is 6.42 Å². The van der Waals surface area contributed by atoms with Crippen molar-refractivity contribution in [3.8, 4) is 5.75 Å². The number of halogens is 2. The van der Waals surface area contributed by atoms with Crippen LogP contribution in [0.4, 0.5) is 0 Å². The molecular formula is C19H19Br2NO2. The highest BCUT2D eigenvalue weighted by Crippen LogP contribution is 2.33. The van der Waals surface area contributed by atoms with Gasteiger partial charge >= 0.3 is 0 Å². The average Bonchev–Trinajstić information content (AvgIpc) is 2.62. The van der Waals surface area contributed by atoms with Crippen LogP contribution in [0, 0.1) is 0 Å². The second kappa shape index (κ2) is 8.17. The first-order chi connectivity index (χ1) is 11.6. The Labute approximate surface area is 159 Å². The van der Waals surface area contributed by atoms with Crippen molar-refractivity contribution >= 4 is 37.8 Å². The van der Waals surface area contributed by atoms with Gasteiger partial charge in [0.25, 0.3) is 5.91 Å². The van der Waals surface area contributed by atoms with Crippen LogP contribution in [0.25, 0.3) is 0 Å². The maximum absolute atomic E-state index is 12.6. The van der Waals surface area contributed by atoms with Crippen LogP contribution >= 0.6 is 31.9 Å². The van der Waals surface area contributed by atoms with Crippen LogP contribution in [0.1, 0.15) is 35.2 Å². The van der Waals surface area contributed by atoms with E-state index in [0.29, 0.717) is 6.61 Å². The Balaban J connectivity index is 1.70. The van der Waals surface area contributed by atoms with Gasteiger partial charge < -0.3 is 9.64 Å². The number of carbonyl (C=O) groups excluding carboxylic acids is 1. The number of hydrogen-bond donors (Lipinski definition) is 0. The van der Waals surface area contributed by atoms with Crippen molar-refractivity contribution in [1.29, 1.82) is 0 Å². The van der Waals surface area contributed by atoms with Crippen molar-refractivity contribution in [3.05, 3.63) is 62.5 Å². The zero-order valence-electron chi connectivity index (χ0n) is 13.3. The van der Waals surface area contributed by atoms with Gasteiger partial charge in [-0.3, -0.25) is 4.79 Å². The van der Waals surface area contributed by atoms with Crippen molar-refractivity contribution in [2.75, 3.05) is 13.1 Å². The molecule has 5 heteroatoms. The van der Waals surface area contributed by atoms with Gasteiger partial charge in [-0.25, -0.2) is 0 Å². The quantitative estimate of drug-likeness (QED) is 0.620. The van der Waals surface area contributed by atoms with E-state index in [9.17, 15) is 4.79 Å². The van der Waals surface area contributed by atoms with E-state index < -0.39 is 0 Å². The van der Waals surface area contributed by atoms with E-state index >= 15 is 0 Å². The molecule has 24 heavy (non-hydrogen) atoms. The first kappa shape index (κ1) is 17.5. The highest BCUT2D eigenvalue weighted by Gasteiger charge is 2.18.